The van der Waals surface area contributed by atoms with Crippen LogP contribution < -0.4 is 53.6 Å². The molecule has 22 nitrogen and oxygen atoms in total. The van der Waals surface area contributed by atoms with Gasteiger partial charge in [0.25, 0.3) is 0 Å². The molecule has 0 saturated carbocycles. The third-order valence-corrected chi connectivity index (χ3v) is 10.0. The SMILES string of the molecule is CC[C@H](C)[C@H](NC(=O)CNC(=O)[C@H](C)NC(=O)[C@H](C)NC(=O)[C@H](C)N)C(=O)NCC(=O)N[C@H](C(=O)N[C@@H](CC(C)C)C(=O)N[C@H](C(=O)N[C@H](C(=O)O)C(C)C)[C@@H](C)O)[C@@H](C)CC. The average Bonchev–Trinajstić information content (AvgIpc) is 3.19. The van der Waals surface area contributed by atoms with Crippen molar-refractivity contribution in [3.8, 4) is 0 Å². The first kappa shape index (κ1) is 56.6. The van der Waals surface area contributed by atoms with Crippen LogP contribution in [0.1, 0.15) is 102 Å². The molecule has 0 aromatic heterocycles. The second-order valence-electron chi connectivity index (χ2n) is 16.5. The Morgan fingerprint density at radius 3 is 1.32 bits per heavy atom. The van der Waals surface area contributed by atoms with E-state index >= 15 is 0 Å². The fourth-order valence-electron chi connectivity index (χ4n) is 5.65. The molecule has 0 aliphatic rings. The zero-order chi connectivity index (χ0) is 48.2. The van der Waals surface area contributed by atoms with Gasteiger partial charge in [-0.25, -0.2) is 4.79 Å². The van der Waals surface area contributed by atoms with Crippen molar-refractivity contribution >= 4 is 59.1 Å². The lowest BCUT2D eigenvalue weighted by Gasteiger charge is -2.29. The molecule has 0 aromatic carbocycles. The van der Waals surface area contributed by atoms with E-state index in [-0.39, 0.29) is 12.3 Å². The molecule has 0 radical (unpaired) electrons. The van der Waals surface area contributed by atoms with Crippen LogP contribution in [0.3, 0.4) is 0 Å². The highest BCUT2D eigenvalue weighted by Gasteiger charge is 2.35. The monoisotopic (exact) mass is 885 g/mol. The third kappa shape index (κ3) is 20.0. The van der Waals surface area contributed by atoms with E-state index < -0.39 is 144 Å². The van der Waals surface area contributed by atoms with Crippen LogP contribution >= 0.6 is 0 Å². The lowest BCUT2D eigenvalue weighted by molar-refractivity contribution is -0.144. The van der Waals surface area contributed by atoms with Crippen molar-refractivity contribution in [1.82, 2.24) is 47.9 Å². The fourth-order valence-corrected chi connectivity index (χ4v) is 5.65. The fraction of sp³-hybridized carbons (Fsp3) is 0.750. The first-order chi connectivity index (χ1) is 28.7. The highest BCUT2D eigenvalue weighted by atomic mass is 16.4. The Morgan fingerprint density at radius 2 is 0.903 bits per heavy atom. The van der Waals surface area contributed by atoms with Gasteiger partial charge in [-0.05, 0) is 57.8 Å². The van der Waals surface area contributed by atoms with E-state index in [9.17, 15) is 58.2 Å². The zero-order valence-corrected chi connectivity index (χ0v) is 38.1. The summed E-state index contributed by atoms with van der Waals surface area (Å²) in [6.07, 6.45) is -0.515. The Kier molecular flexibility index (Phi) is 25.2. The van der Waals surface area contributed by atoms with Crippen molar-refractivity contribution in [2.75, 3.05) is 13.1 Å². The largest absolute Gasteiger partial charge is 0.480 e. The number of nitrogens with two attached hydrogens (primary N) is 1. The molecule has 0 aliphatic carbocycles. The van der Waals surface area contributed by atoms with Crippen molar-refractivity contribution in [1.29, 1.82) is 0 Å². The summed E-state index contributed by atoms with van der Waals surface area (Å²) in [4.78, 5) is 128. The van der Waals surface area contributed by atoms with Crippen molar-refractivity contribution in [2.24, 2.45) is 29.4 Å². The van der Waals surface area contributed by atoms with Gasteiger partial charge in [-0.2, -0.15) is 0 Å². The molecule has 11 atom stereocenters. The zero-order valence-electron chi connectivity index (χ0n) is 38.1. The van der Waals surface area contributed by atoms with Crippen LogP contribution in [0, 0.1) is 23.7 Å². The number of aliphatic hydroxyl groups is 1. The van der Waals surface area contributed by atoms with Gasteiger partial charge in [0.2, 0.25) is 53.2 Å². The molecule has 62 heavy (non-hydrogen) atoms. The molecular formula is C40H72N10O12. The Hall–Kier alpha value is -5.38. The molecule has 0 heterocycles. The van der Waals surface area contributed by atoms with E-state index in [4.69, 9.17) is 5.73 Å². The number of aliphatic carboxylic acids is 1. The molecule has 0 unspecified atom stereocenters. The van der Waals surface area contributed by atoms with Crippen LogP contribution in [0.5, 0.6) is 0 Å². The van der Waals surface area contributed by atoms with Gasteiger partial charge >= 0.3 is 5.97 Å². The second kappa shape index (κ2) is 27.5. The smallest absolute Gasteiger partial charge is 0.326 e. The van der Waals surface area contributed by atoms with Crippen LogP contribution in [0.4, 0.5) is 0 Å². The minimum absolute atomic E-state index is 0.0872. The van der Waals surface area contributed by atoms with E-state index in [0.29, 0.717) is 12.8 Å². The van der Waals surface area contributed by atoms with Gasteiger partial charge in [0.15, 0.2) is 0 Å². The summed E-state index contributed by atoms with van der Waals surface area (Å²) in [7, 11) is 0. The average molecular weight is 885 g/mol. The molecule has 22 heteroatoms. The summed E-state index contributed by atoms with van der Waals surface area (Å²) < 4.78 is 0. The van der Waals surface area contributed by atoms with Crippen molar-refractivity contribution in [2.45, 2.75) is 157 Å². The van der Waals surface area contributed by atoms with E-state index in [1.165, 1.54) is 27.7 Å². The van der Waals surface area contributed by atoms with Crippen LogP contribution in [-0.2, 0) is 47.9 Å². The number of hydrogen-bond acceptors (Lipinski definition) is 12. The number of carboxylic acid groups (broad SMARTS) is 1. The number of carbonyl (C=O) groups excluding carboxylic acids is 9. The number of carbonyl (C=O) groups is 10. The lowest BCUT2D eigenvalue weighted by atomic mass is 9.96. The minimum atomic E-state index is -1.56. The summed E-state index contributed by atoms with van der Waals surface area (Å²) in [5, 5.41) is 42.0. The Balaban J connectivity index is 5.71. The molecule has 13 N–H and O–H groups in total. The minimum Gasteiger partial charge on any atom is -0.480 e. The standard InChI is InChI=1S/C40H72N10O12/c1-13-20(7)30(47-27(52)16-42-34(55)23(10)45-35(56)24(11)44-33(54)22(9)41)37(58)43-17-28(53)48-31(21(8)14-2)38(59)46-26(15-18(3)4)36(57)50-32(25(12)51)39(60)49-29(19(5)6)40(61)62/h18-26,29-32,51H,13-17,41H2,1-12H3,(H,42,55)(H,43,58)(H,44,54)(H,45,56)(H,46,59)(H,47,52)(H,48,53)(H,49,60)(H,50,57)(H,61,62)/t20-,21-,22-,23-,24-,25+,26-,29-,30-,31-,32-/m0/s1. The number of carboxylic acids is 1. The van der Waals surface area contributed by atoms with Crippen LogP contribution in [0.15, 0.2) is 0 Å². The molecule has 0 spiro atoms. The number of nitrogens with one attached hydrogen (secondary N) is 9. The van der Waals surface area contributed by atoms with Crippen molar-refractivity contribution in [3.05, 3.63) is 0 Å². The van der Waals surface area contributed by atoms with E-state index in [0.717, 1.165) is 0 Å². The normalized spacial score (nSPS) is 16.5. The van der Waals surface area contributed by atoms with E-state index in [1.807, 2.05) is 0 Å². The second-order valence-corrected chi connectivity index (χ2v) is 16.5. The molecule has 0 saturated heterocycles. The van der Waals surface area contributed by atoms with Gasteiger partial charge in [0.05, 0.1) is 25.2 Å². The van der Waals surface area contributed by atoms with E-state index in [2.05, 4.69) is 47.9 Å². The van der Waals surface area contributed by atoms with Gasteiger partial charge in [-0.15, -0.1) is 0 Å². The van der Waals surface area contributed by atoms with Gasteiger partial charge in [0, 0.05) is 0 Å². The third-order valence-electron chi connectivity index (χ3n) is 10.0. The quantitative estimate of drug-likeness (QED) is 0.0399. The predicted octanol–water partition coefficient (Wildman–Crippen LogP) is -2.74. The van der Waals surface area contributed by atoms with Crippen LogP contribution in [0.2, 0.25) is 0 Å². The molecule has 0 aliphatic heterocycles. The highest BCUT2D eigenvalue weighted by molar-refractivity contribution is 5.97. The topological polar surface area (TPSA) is 345 Å². The van der Waals surface area contributed by atoms with Gasteiger partial charge in [0.1, 0.15) is 42.3 Å². The molecule has 0 aromatic rings. The number of hydrogen-bond donors (Lipinski definition) is 12. The van der Waals surface area contributed by atoms with Crippen molar-refractivity contribution < 1.29 is 58.2 Å². The summed E-state index contributed by atoms with van der Waals surface area (Å²) >= 11 is 0. The van der Waals surface area contributed by atoms with E-state index in [1.54, 1.807) is 55.4 Å². The molecule has 0 rings (SSSR count). The first-order valence-electron chi connectivity index (χ1n) is 21.0. The molecule has 0 fully saturated rings. The molecular weight excluding hydrogens is 812 g/mol. The lowest BCUT2D eigenvalue weighted by Crippen LogP contribution is -2.61. The van der Waals surface area contributed by atoms with Crippen molar-refractivity contribution in [3.63, 3.8) is 0 Å². The maximum atomic E-state index is 13.7. The summed E-state index contributed by atoms with van der Waals surface area (Å²) in [6.45, 7) is 17.9. The summed E-state index contributed by atoms with van der Waals surface area (Å²) in [6, 6.07) is -9.37. The maximum absolute atomic E-state index is 13.7. The number of aliphatic hydroxyl groups excluding tert-OH is 1. The predicted molar refractivity (Wildman–Crippen MR) is 227 cm³/mol. The Morgan fingerprint density at radius 1 is 0.484 bits per heavy atom. The molecule has 9 amide bonds. The summed E-state index contributed by atoms with van der Waals surface area (Å²) in [5.41, 5.74) is 5.49. The highest BCUT2D eigenvalue weighted by Crippen LogP contribution is 2.12. The molecule has 0 bridgehead atoms. The number of rotatable bonds is 27. The number of amides is 9. The van der Waals surface area contributed by atoms with Crippen LogP contribution in [0.25, 0.3) is 0 Å². The Bertz CT molecular complexity index is 1570. The summed E-state index contributed by atoms with van der Waals surface area (Å²) in [5.74, 6) is -9.58. The van der Waals surface area contributed by atoms with Gasteiger partial charge in [-0.1, -0.05) is 68.2 Å². The maximum Gasteiger partial charge on any atom is 0.326 e. The molecule has 354 valence electrons. The Labute approximate surface area is 363 Å². The van der Waals surface area contributed by atoms with Crippen LogP contribution in [-0.4, -0.2) is 137 Å². The van der Waals surface area contributed by atoms with Gasteiger partial charge in [-0.3, -0.25) is 43.2 Å². The van der Waals surface area contributed by atoms with Gasteiger partial charge < -0.3 is 63.8 Å². The first-order valence-corrected chi connectivity index (χ1v) is 21.0.